The Morgan fingerprint density at radius 2 is 2.00 bits per heavy atom. The SMILES string of the molecule is Cc1ccc(-c2nc(C[NH+]3CCN(C(=O)c4ccco4)CC3)cs2)cc1. The Morgan fingerprint density at radius 3 is 2.69 bits per heavy atom. The van der Waals surface area contributed by atoms with E-state index in [2.05, 4.69) is 36.6 Å². The molecule has 0 radical (unpaired) electrons. The first-order chi connectivity index (χ1) is 12.7. The molecule has 1 amide bonds. The van der Waals surface area contributed by atoms with Gasteiger partial charge in [-0.15, -0.1) is 11.3 Å². The first-order valence-corrected chi connectivity index (χ1v) is 9.75. The van der Waals surface area contributed by atoms with Crippen LogP contribution in [0.2, 0.25) is 0 Å². The minimum Gasteiger partial charge on any atom is -0.459 e. The average Bonchev–Trinajstić information content (AvgIpc) is 3.35. The number of hydrogen-bond donors (Lipinski definition) is 1. The number of benzene rings is 1. The van der Waals surface area contributed by atoms with Gasteiger partial charge < -0.3 is 14.2 Å². The summed E-state index contributed by atoms with van der Waals surface area (Å²) in [6.45, 7) is 6.38. The van der Waals surface area contributed by atoms with E-state index in [9.17, 15) is 4.79 Å². The standard InChI is InChI=1S/C20H21N3O2S/c1-15-4-6-16(7-5-15)19-21-17(14-26-19)13-22-8-10-23(11-9-22)20(24)18-3-2-12-25-18/h2-7,12,14H,8-11,13H2,1H3/p+1. The molecule has 1 N–H and O–H groups in total. The van der Waals surface area contributed by atoms with Crippen LogP contribution >= 0.6 is 11.3 Å². The molecule has 0 atom stereocenters. The van der Waals surface area contributed by atoms with Crippen LogP contribution in [0.1, 0.15) is 21.8 Å². The van der Waals surface area contributed by atoms with E-state index >= 15 is 0 Å². The summed E-state index contributed by atoms with van der Waals surface area (Å²) in [5.41, 5.74) is 3.57. The van der Waals surface area contributed by atoms with Gasteiger partial charge in [0.2, 0.25) is 0 Å². The number of furan rings is 1. The number of rotatable bonds is 4. The minimum absolute atomic E-state index is 0.00985. The Labute approximate surface area is 156 Å². The third-order valence-corrected chi connectivity index (χ3v) is 5.71. The molecule has 4 rings (SSSR count). The molecule has 3 aromatic rings. The van der Waals surface area contributed by atoms with Gasteiger partial charge in [-0.2, -0.15) is 0 Å². The summed E-state index contributed by atoms with van der Waals surface area (Å²) in [6.07, 6.45) is 1.54. The van der Waals surface area contributed by atoms with Crippen LogP contribution in [0, 0.1) is 6.92 Å². The molecule has 1 aliphatic heterocycles. The topological polar surface area (TPSA) is 50.8 Å². The van der Waals surface area contributed by atoms with E-state index in [-0.39, 0.29) is 5.91 Å². The number of nitrogens with one attached hydrogen (secondary N) is 1. The maximum atomic E-state index is 12.3. The van der Waals surface area contributed by atoms with Gasteiger partial charge >= 0.3 is 0 Å². The van der Waals surface area contributed by atoms with E-state index < -0.39 is 0 Å². The van der Waals surface area contributed by atoms with Crippen LogP contribution in [0.4, 0.5) is 0 Å². The van der Waals surface area contributed by atoms with Crippen molar-refractivity contribution in [1.29, 1.82) is 0 Å². The van der Waals surface area contributed by atoms with E-state index in [0.717, 1.165) is 43.4 Å². The lowest BCUT2D eigenvalue weighted by atomic mass is 10.2. The molecule has 26 heavy (non-hydrogen) atoms. The minimum atomic E-state index is -0.00985. The lowest BCUT2D eigenvalue weighted by molar-refractivity contribution is -0.917. The van der Waals surface area contributed by atoms with E-state index in [1.165, 1.54) is 16.0 Å². The van der Waals surface area contributed by atoms with Crippen molar-refractivity contribution in [3.05, 3.63) is 65.1 Å². The molecule has 0 bridgehead atoms. The van der Waals surface area contributed by atoms with Crippen molar-refractivity contribution in [3.8, 4) is 10.6 Å². The fraction of sp³-hybridized carbons (Fsp3) is 0.300. The summed E-state index contributed by atoms with van der Waals surface area (Å²) in [5.74, 6) is 0.417. The highest BCUT2D eigenvalue weighted by Crippen LogP contribution is 2.23. The highest BCUT2D eigenvalue weighted by Gasteiger charge is 2.26. The number of aromatic nitrogens is 1. The number of carbonyl (C=O) groups excluding carboxylic acids is 1. The molecular weight excluding hydrogens is 346 g/mol. The molecule has 1 saturated heterocycles. The van der Waals surface area contributed by atoms with Gasteiger partial charge in [0.05, 0.1) is 32.4 Å². The highest BCUT2D eigenvalue weighted by molar-refractivity contribution is 7.13. The van der Waals surface area contributed by atoms with Gasteiger partial charge in [-0.25, -0.2) is 4.98 Å². The molecule has 0 spiro atoms. The molecule has 6 heteroatoms. The van der Waals surface area contributed by atoms with Crippen LogP contribution in [0.5, 0.6) is 0 Å². The second-order valence-corrected chi connectivity index (χ2v) is 7.56. The van der Waals surface area contributed by atoms with Gasteiger partial charge in [-0.3, -0.25) is 4.79 Å². The number of nitrogens with zero attached hydrogens (tertiary/aromatic N) is 2. The quantitative estimate of drug-likeness (QED) is 0.769. The number of hydrogen-bond acceptors (Lipinski definition) is 4. The molecule has 0 saturated carbocycles. The van der Waals surface area contributed by atoms with Crippen molar-refractivity contribution >= 4 is 17.2 Å². The molecular formula is C20H22N3O2S+. The van der Waals surface area contributed by atoms with Crippen molar-refractivity contribution in [1.82, 2.24) is 9.88 Å². The summed E-state index contributed by atoms with van der Waals surface area (Å²) in [5, 5.41) is 3.23. The fourth-order valence-corrected chi connectivity index (χ4v) is 4.06. The first-order valence-electron chi connectivity index (χ1n) is 8.87. The molecule has 1 aromatic carbocycles. The zero-order valence-corrected chi connectivity index (χ0v) is 15.6. The largest absolute Gasteiger partial charge is 0.459 e. The summed E-state index contributed by atoms with van der Waals surface area (Å²) >= 11 is 1.70. The van der Waals surface area contributed by atoms with Crippen LogP contribution in [0.15, 0.2) is 52.5 Å². The van der Waals surface area contributed by atoms with Crippen molar-refractivity contribution in [2.75, 3.05) is 26.2 Å². The lowest BCUT2D eigenvalue weighted by Gasteiger charge is -2.31. The lowest BCUT2D eigenvalue weighted by Crippen LogP contribution is -3.13. The number of thiazole rings is 1. The Kier molecular flexibility index (Phi) is 4.86. The van der Waals surface area contributed by atoms with E-state index in [0.29, 0.717) is 5.76 Å². The molecule has 3 heterocycles. The van der Waals surface area contributed by atoms with Crippen molar-refractivity contribution in [3.63, 3.8) is 0 Å². The van der Waals surface area contributed by atoms with Gasteiger partial charge in [-0.1, -0.05) is 29.8 Å². The normalized spacial score (nSPS) is 15.3. The first kappa shape index (κ1) is 17.0. The average molecular weight is 368 g/mol. The molecule has 0 aliphatic carbocycles. The fourth-order valence-electron chi connectivity index (χ4n) is 3.23. The van der Waals surface area contributed by atoms with Crippen molar-refractivity contribution in [2.45, 2.75) is 13.5 Å². The Morgan fingerprint density at radius 1 is 1.23 bits per heavy atom. The second-order valence-electron chi connectivity index (χ2n) is 6.71. The van der Waals surface area contributed by atoms with Gasteiger partial charge in [0.15, 0.2) is 5.76 Å². The number of piperazine rings is 1. The second kappa shape index (κ2) is 7.43. The third-order valence-electron chi connectivity index (χ3n) is 4.77. The van der Waals surface area contributed by atoms with Gasteiger partial charge in [0, 0.05) is 10.9 Å². The van der Waals surface area contributed by atoms with Gasteiger partial charge in [0.1, 0.15) is 17.2 Å². The van der Waals surface area contributed by atoms with Gasteiger partial charge in [-0.05, 0) is 19.1 Å². The van der Waals surface area contributed by atoms with Crippen molar-refractivity contribution in [2.24, 2.45) is 0 Å². The Balaban J connectivity index is 1.33. The molecule has 2 aromatic heterocycles. The number of amides is 1. The van der Waals surface area contributed by atoms with Gasteiger partial charge in [0.25, 0.3) is 5.91 Å². The molecule has 1 fully saturated rings. The highest BCUT2D eigenvalue weighted by atomic mass is 32.1. The Hall–Kier alpha value is -2.44. The third kappa shape index (κ3) is 3.71. The Bertz CT molecular complexity index is 863. The maximum absolute atomic E-state index is 12.3. The van der Waals surface area contributed by atoms with Crippen LogP contribution in [-0.2, 0) is 6.54 Å². The summed E-state index contributed by atoms with van der Waals surface area (Å²) in [6, 6.07) is 12.0. The van der Waals surface area contributed by atoms with Crippen LogP contribution < -0.4 is 4.90 Å². The van der Waals surface area contributed by atoms with E-state index in [4.69, 9.17) is 9.40 Å². The van der Waals surface area contributed by atoms with E-state index in [1.807, 2.05) is 4.90 Å². The summed E-state index contributed by atoms with van der Waals surface area (Å²) < 4.78 is 5.22. The maximum Gasteiger partial charge on any atom is 0.289 e. The summed E-state index contributed by atoms with van der Waals surface area (Å²) in [4.78, 5) is 20.5. The van der Waals surface area contributed by atoms with Crippen molar-refractivity contribution < 1.29 is 14.1 Å². The monoisotopic (exact) mass is 368 g/mol. The number of carbonyl (C=O) groups is 1. The predicted molar refractivity (Wildman–Crippen MR) is 101 cm³/mol. The van der Waals surface area contributed by atoms with Crippen LogP contribution in [0.3, 0.4) is 0 Å². The van der Waals surface area contributed by atoms with E-state index in [1.54, 1.807) is 29.7 Å². The predicted octanol–water partition coefficient (Wildman–Crippen LogP) is 2.25. The number of aryl methyl sites for hydroxylation is 1. The smallest absolute Gasteiger partial charge is 0.289 e. The summed E-state index contributed by atoms with van der Waals surface area (Å²) in [7, 11) is 0. The molecule has 0 unspecified atom stereocenters. The van der Waals surface area contributed by atoms with Crippen LogP contribution in [-0.4, -0.2) is 42.0 Å². The molecule has 5 nitrogen and oxygen atoms in total. The van der Waals surface area contributed by atoms with Crippen LogP contribution in [0.25, 0.3) is 10.6 Å². The molecule has 1 aliphatic rings. The zero-order valence-electron chi connectivity index (χ0n) is 14.8. The number of quaternary nitrogens is 1. The molecule has 134 valence electrons. The zero-order chi connectivity index (χ0) is 17.9.